The summed E-state index contributed by atoms with van der Waals surface area (Å²) < 4.78 is 7.17. The molecule has 2 aromatic rings. The van der Waals surface area contributed by atoms with Crippen LogP contribution in [0.3, 0.4) is 0 Å². The van der Waals surface area contributed by atoms with Crippen molar-refractivity contribution >= 4 is 46.8 Å². The minimum absolute atomic E-state index is 0.0743. The molecule has 344 valence electrons. The molecule has 0 amide bonds. The van der Waals surface area contributed by atoms with Crippen LogP contribution < -0.4 is 10.4 Å². The number of benzene rings is 2. The molecule has 2 fully saturated rings. The van der Waals surface area contributed by atoms with Gasteiger partial charge in [0.2, 0.25) is 0 Å². The zero-order chi connectivity index (χ0) is 47.7. The summed E-state index contributed by atoms with van der Waals surface area (Å²) in [6.45, 7) is 0. The van der Waals surface area contributed by atoms with Gasteiger partial charge in [0.25, 0.3) is 0 Å². The maximum Gasteiger partial charge on any atom is 0.318 e. The van der Waals surface area contributed by atoms with E-state index >= 15 is 5.11 Å². The van der Waals surface area contributed by atoms with Crippen LogP contribution in [0.25, 0.3) is 28.9 Å². The van der Waals surface area contributed by atoms with Gasteiger partial charge in [0.15, 0.2) is 0 Å². The summed E-state index contributed by atoms with van der Waals surface area (Å²) in [5, 5.41) is 92.5. The molecule has 21 rings (SSSR count). The van der Waals surface area contributed by atoms with Crippen LogP contribution >= 0.6 is 0 Å². The first-order chi connectivity index (χ1) is 34.7. The number of hydrogen-bond acceptors (Lipinski definition) is 8. The Labute approximate surface area is 405 Å². The van der Waals surface area contributed by atoms with Gasteiger partial charge >= 0.3 is 17.9 Å². The molecule has 14 atom stereocenters. The fraction of sp³-hybridized carbons (Fsp3) is 0.262. The van der Waals surface area contributed by atoms with Crippen molar-refractivity contribution in [2.24, 2.45) is 34.5 Å². The normalized spacial score (nSPS) is 44.2. The maximum absolute atomic E-state index is 15.3. The predicted molar refractivity (Wildman–Crippen MR) is 253 cm³/mol. The summed E-state index contributed by atoms with van der Waals surface area (Å²) in [6, 6.07) is 4.14. The average Bonchev–Trinajstić information content (AvgIpc) is 4.04. The molecule has 0 radical (unpaired) electrons. The van der Waals surface area contributed by atoms with Crippen molar-refractivity contribution < 1.29 is 54.9 Å². The Morgan fingerprint density at radius 1 is 0.694 bits per heavy atom. The van der Waals surface area contributed by atoms with Gasteiger partial charge in [-0.05, 0) is 157 Å². The number of carbonyl (C=O) groups is 3. The zero-order valence-electron chi connectivity index (χ0n) is 37.5. The second-order valence-corrected chi connectivity index (χ2v) is 23.9. The highest BCUT2D eigenvalue weighted by atomic mass is 16.6. The van der Waals surface area contributed by atoms with Gasteiger partial charge in [-0.2, -0.15) is 0 Å². The molecule has 11 nitrogen and oxygen atoms in total. The van der Waals surface area contributed by atoms with Crippen molar-refractivity contribution in [3.05, 3.63) is 212 Å². The Kier molecular flexibility index (Phi) is 4.94. The summed E-state index contributed by atoms with van der Waals surface area (Å²) >= 11 is 0. The zero-order valence-corrected chi connectivity index (χ0v) is 37.5. The van der Waals surface area contributed by atoms with Gasteiger partial charge in [0.1, 0.15) is 39.3 Å². The van der Waals surface area contributed by atoms with Crippen molar-refractivity contribution in [1.82, 2.24) is 0 Å². The number of carboxylic acid groups (broad SMARTS) is 3. The van der Waals surface area contributed by atoms with Crippen LogP contribution in [0.15, 0.2) is 157 Å². The topological polar surface area (TPSA) is 205 Å². The Morgan fingerprint density at radius 3 is 2.35 bits per heavy atom. The molecule has 14 unspecified atom stereocenters. The van der Waals surface area contributed by atoms with Crippen molar-refractivity contribution in [2.45, 2.75) is 59.3 Å². The first kappa shape index (κ1) is 36.6. The smallest absolute Gasteiger partial charge is 0.318 e. The predicted octanol–water partition coefficient (Wildman–Crippen LogP) is 3.74. The van der Waals surface area contributed by atoms with Gasteiger partial charge < -0.3 is 40.5 Å². The van der Waals surface area contributed by atoms with Gasteiger partial charge in [0, 0.05) is 47.2 Å². The lowest BCUT2D eigenvalue weighted by atomic mass is 9.36. The number of carboxylic acids is 3. The highest BCUT2D eigenvalue weighted by Gasteiger charge is 2.84. The third-order valence-electron chi connectivity index (χ3n) is 22.0. The van der Waals surface area contributed by atoms with Crippen LogP contribution in [0.1, 0.15) is 56.3 Å². The van der Waals surface area contributed by atoms with Crippen LogP contribution in [0.5, 0.6) is 0 Å². The van der Waals surface area contributed by atoms with E-state index in [2.05, 4.69) is 12.1 Å². The highest BCUT2D eigenvalue weighted by Crippen LogP contribution is 2.83. The maximum atomic E-state index is 15.3. The summed E-state index contributed by atoms with van der Waals surface area (Å²) in [6.07, 6.45) is 22.1. The molecule has 18 aliphatic carbocycles. The third-order valence-corrected chi connectivity index (χ3v) is 22.0. The van der Waals surface area contributed by atoms with E-state index in [1.165, 1.54) is 0 Å². The number of ether oxygens (including phenoxy) is 1. The van der Waals surface area contributed by atoms with Gasteiger partial charge in [0.05, 0.1) is 12.0 Å². The Hall–Kier alpha value is -7.25. The molecule has 19 aliphatic rings. The number of aliphatic hydroxyl groups is 4. The lowest BCUT2D eigenvalue weighted by Crippen LogP contribution is -2.66. The SMILES string of the molecule is O=C(O)C1C2=CC=CC34Cc5cc6c7c8c5C(C5=C9C%10=C%11C%12=C%13C(=CC%14=CC%15=CC=CC%16(C(=O)O)Cc%17cc%18c%19c%20c%17C(=C%15%16)C%14C%13(O)C%20=C%11C(C=%19C7C(C(=O)O)(C=C6)C=%18)C98O)C(O)C=C%12C(O)C%10=CC51)C23O4. The molecule has 11 heteroatoms. The van der Waals surface area contributed by atoms with Crippen LogP contribution in [0.4, 0.5) is 0 Å². The number of allylic oxidation sites excluding steroid dienone is 9. The largest absolute Gasteiger partial charge is 0.481 e. The first-order valence-electron chi connectivity index (χ1n) is 25.1. The molecule has 1 saturated carbocycles. The minimum atomic E-state index is -1.98. The first-order valence-corrected chi connectivity index (χ1v) is 25.1. The molecule has 0 bridgehead atoms. The molecule has 2 aromatic carbocycles. The molecular weight excluding hydrogens is 909 g/mol. The van der Waals surface area contributed by atoms with Crippen LogP contribution in [-0.4, -0.2) is 82.7 Å². The van der Waals surface area contributed by atoms with Crippen molar-refractivity contribution in [3.63, 3.8) is 0 Å². The number of rotatable bonds is 3. The molecule has 7 N–H and O–H groups in total. The summed E-state index contributed by atoms with van der Waals surface area (Å²) in [5.41, 5.74) is 7.26. The molecule has 1 aliphatic heterocycles. The van der Waals surface area contributed by atoms with Crippen molar-refractivity contribution in [1.29, 1.82) is 0 Å². The van der Waals surface area contributed by atoms with E-state index in [0.29, 0.717) is 112 Å². The lowest BCUT2D eigenvalue weighted by Gasteiger charge is -2.67. The fourth-order valence-corrected chi connectivity index (χ4v) is 20.3. The summed E-state index contributed by atoms with van der Waals surface area (Å²) in [5.74, 6) is -8.37. The number of aliphatic hydroxyl groups excluding tert-OH is 2. The standard InChI is InChI=1S/C61H34O11/c62-29-14-27-35-38-36-26(52(27)63)13-25-34(53(64)65)28-4-2-7-58-17-23-9-18-5-8-57(55(68)69)16-22-11-21-15-56(54(66)67)6-1-3-19-10-20-12-24(29)45(35)59(70)44(20)40(43(19)56)30(21)39-31(22)41-46(57)32(18)47-33(23)51(61(28,58)72-58)37(25)48(36)60(47,71)50(41)42(38)49(39)59/h1-14,16,25,29,34,44,46,50-52,62-63,70-71H,15,17H2,(H,64,65)(H,66,67)(H,68,69). The van der Waals surface area contributed by atoms with Gasteiger partial charge in [-0.15, -0.1) is 0 Å². The monoisotopic (exact) mass is 942 g/mol. The van der Waals surface area contributed by atoms with Crippen molar-refractivity contribution in [2.75, 3.05) is 0 Å². The molecule has 72 heavy (non-hydrogen) atoms. The van der Waals surface area contributed by atoms with Crippen LogP contribution in [0, 0.1) is 34.5 Å². The molecular formula is C61H34O11. The van der Waals surface area contributed by atoms with E-state index in [4.69, 9.17) is 4.74 Å². The quantitative estimate of drug-likeness (QED) is 0.221. The average molecular weight is 943 g/mol. The molecule has 1 spiro atoms. The van der Waals surface area contributed by atoms with Crippen LogP contribution in [-0.2, 0) is 37.6 Å². The molecule has 1 heterocycles. The van der Waals surface area contributed by atoms with E-state index in [1.54, 1.807) is 24.3 Å². The second kappa shape index (κ2) is 9.71. The Balaban J connectivity index is 1.06. The van der Waals surface area contributed by atoms with Gasteiger partial charge in [-0.1, -0.05) is 79.0 Å². The van der Waals surface area contributed by atoms with Gasteiger partial charge in [-0.3, -0.25) is 14.4 Å². The van der Waals surface area contributed by atoms with E-state index < -0.39 is 98.9 Å². The van der Waals surface area contributed by atoms with Gasteiger partial charge in [-0.25, -0.2) is 0 Å². The van der Waals surface area contributed by atoms with E-state index in [-0.39, 0.29) is 6.42 Å². The highest BCUT2D eigenvalue weighted by molar-refractivity contribution is 6.12. The molecule has 0 aromatic heterocycles. The van der Waals surface area contributed by atoms with Crippen molar-refractivity contribution in [3.8, 4) is 0 Å². The summed E-state index contributed by atoms with van der Waals surface area (Å²) in [4.78, 5) is 42.9. The van der Waals surface area contributed by atoms with E-state index in [1.807, 2.05) is 54.7 Å². The fourth-order valence-electron chi connectivity index (χ4n) is 20.3. The van der Waals surface area contributed by atoms with E-state index in [9.17, 15) is 45.0 Å². The second-order valence-electron chi connectivity index (χ2n) is 23.9. The number of aliphatic carboxylic acids is 3. The Bertz CT molecular complexity index is 4350. The molecule has 1 saturated heterocycles. The van der Waals surface area contributed by atoms with Crippen LogP contribution in [0.2, 0.25) is 0 Å². The third kappa shape index (κ3) is 2.87. The number of hydrogen-bond donors (Lipinski definition) is 7. The minimum Gasteiger partial charge on any atom is -0.481 e. The lowest BCUT2D eigenvalue weighted by molar-refractivity contribution is -0.144. The van der Waals surface area contributed by atoms with E-state index in [0.717, 1.165) is 44.2 Å². The summed E-state index contributed by atoms with van der Waals surface area (Å²) in [7, 11) is 0. The number of epoxide rings is 1. The Morgan fingerprint density at radius 2 is 1.53 bits per heavy atom.